The molecule has 2 rings (SSSR count). The highest BCUT2D eigenvalue weighted by Gasteiger charge is 2.37. The smallest absolute Gasteiger partial charge is 0.401 e. The summed E-state index contributed by atoms with van der Waals surface area (Å²) in [4.78, 5) is 46.7. The zero-order chi connectivity index (χ0) is 16.4. The van der Waals surface area contributed by atoms with Crippen LogP contribution in [0.5, 0.6) is 0 Å². The number of amides is 4. The minimum atomic E-state index is -0.719. The van der Waals surface area contributed by atoms with E-state index in [-0.39, 0.29) is 11.3 Å². The monoisotopic (exact) mass is 305 g/mol. The number of imide groups is 2. The molecule has 0 atom stereocenters. The molecule has 0 spiro atoms. The van der Waals surface area contributed by atoms with Crippen LogP contribution in [0.3, 0.4) is 0 Å². The van der Waals surface area contributed by atoms with Crippen LogP contribution in [0, 0.1) is 10.1 Å². The molecular formula is C13H11N3O6. The molecule has 0 bridgehead atoms. The lowest BCUT2D eigenvalue weighted by atomic mass is 10.1. The van der Waals surface area contributed by atoms with Gasteiger partial charge in [-0.3, -0.25) is 29.5 Å². The number of allylic oxidation sites excluding steroid dienone is 2. The van der Waals surface area contributed by atoms with E-state index in [1.54, 1.807) is 0 Å². The van der Waals surface area contributed by atoms with Crippen molar-refractivity contribution in [3.63, 3.8) is 0 Å². The van der Waals surface area contributed by atoms with E-state index in [1.807, 2.05) is 0 Å². The third-order valence-corrected chi connectivity index (χ3v) is 2.96. The van der Waals surface area contributed by atoms with Gasteiger partial charge in [-0.2, -0.15) is 0 Å². The molecule has 114 valence electrons. The van der Waals surface area contributed by atoms with Gasteiger partial charge in [-0.1, -0.05) is 6.08 Å². The maximum absolute atomic E-state index is 11.9. The summed E-state index contributed by atoms with van der Waals surface area (Å²) >= 11 is 0. The molecule has 1 aromatic heterocycles. The SMILES string of the molecule is CN1C(=O)C(=C/C=C/c2ccc([N+](=O)[O-])o2)C(=O)N(C)C1=O. The lowest BCUT2D eigenvalue weighted by Crippen LogP contribution is -2.52. The predicted octanol–water partition coefficient (Wildman–Crippen LogP) is 1.18. The van der Waals surface area contributed by atoms with Gasteiger partial charge in [0.05, 0.1) is 6.07 Å². The Kier molecular flexibility index (Phi) is 3.89. The summed E-state index contributed by atoms with van der Waals surface area (Å²) in [5.41, 5.74) is -0.193. The van der Waals surface area contributed by atoms with Gasteiger partial charge in [0.2, 0.25) is 0 Å². The van der Waals surface area contributed by atoms with Crippen molar-refractivity contribution in [2.45, 2.75) is 0 Å². The van der Waals surface area contributed by atoms with Crippen molar-refractivity contribution in [1.29, 1.82) is 0 Å². The van der Waals surface area contributed by atoms with E-state index in [0.29, 0.717) is 0 Å². The summed E-state index contributed by atoms with van der Waals surface area (Å²) < 4.78 is 4.89. The third kappa shape index (κ3) is 2.64. The van der Waals surface area contributed by atoms with Gasteiger partial charge >= 0.3 is 11.9 Å². The lowest BCUT2D eigenvalue weighted by molar-refractivity contribution is -0.402. The van der Waals surface area contributed by atoms with Crippen molar-refractivity contribution < 1.29 is 23.7 Å². The molecule has 1 saturated heterocycles. The van der Waals surface area contributed by atoms with Crippen molar-refractivity contribution in [2.24, 2.45) is 0 Å². The molecule has 22 heavy (non-hydrogen) atoms. The summed E-state index contributed by atoms with van der Waals surface area (Å²) in [6, 6.07) is 1.85. The summed E-state index contributed by atoms with van der Waals surface area (Å²) in [7, 11) is 2.53. The fourth-order valence-electron chi connectivity index (χ4n) is 1.76. The van der Waals surface area contributed by atoms with E-state index in [1.165, 1.54) is 44.5 Å². The number of hydrogen-bond acceptors (Lipinski definition) is 6. The van der Waals surface area contributed by atoms with Crippen LogP contribution >= 0.6 is 0 Å². The number of furan rings is 1. The average Bonchev–Trinajstić information content (AvgIpc) is 2.96. The molecule has 0 radical (unpaired) electrons. The Bertz CT molecular complexity index is 704. The van der Waals surface area contributed by atoms with E-state index in [0.717, 1.165) is 9.80 Å². The highest BCUT2D eigenvalue weighted by molar-refractivity contribution is 6.28. The predicted molar refractivity (Wildman–Crippen MR) is 73.4 cm³/mol. The summed E-state index contributed by atoms with van der Waals surface area (Å²) in [5.74, 6) is -1.66. The molecule has 1 fully saturated rings. The van der Waals surface area contributed by atoms with Gasteiger partial charge < -0.3 is 4.42 Å². The van der Waals surface area contributed by atoms with Gasteiger partial charge in [0.25, 0.3) is 11.8 Å². The molecule has 0 aromatic carbocycles. The Labute approximate surface area is 124 Å². The number of nitro groups is 1. The highest BCUT2D eigenvalue weighted by Crippen LogP contribution is 2.18. The maximum Gasteiger partial charge on any atom is 0.433 e. The van der Waals surface area contributed by atoms with E-state index in [2.05, 4.69) is 0 Å². The minimum absolute atomic E-state index is 0.192. The Balaban J connectivity index is 2.22. The number of carbonyl (C=O) groups excluding carboxylic acids is 3. The summed E-state index contributed by atoms with van der Waals surface area (Å²) in [5, 5.41) is 10.5. The molecule has 0 aliphatic carbocycles. The van der Waals surface area contributed by atoms with Crippen LogP contribution in [0.15, 0.2) is 34.3 Å². The van der Waals surface area contributed by atoms with Crippen molar-refractivity contribution in [3.05, 3.63) is 45.7 Å². The number of nitrogens with zero attached hydrogens (tertiary/aromatic N) is 3. The maximum atomic E-state index is 11.9. The van der Waals surface area contributed by atoms with E-state index in [4.69, 9.17) is 4.42 Å². The van der Waals surface area contributed by atoms with Crippen LogP contribution in [0.2, 0.25) is 0 Å². The minimum Gasteiger partial charge on any atom is -0.401 e. The number of carbonyl (C=O) groups is 3. The van der Waals surface area contributed by atoms with Crippen LogP contribution < -0.4 is 0 Å². The van der Waals surface area contributed by atoms with Gasteiger partial charge in [-0.25, -0.2) is 4.79 Å². The van der Waals surface area contributed by atoms with Crippen molar-refractivity contribution in [1.82, 2.24) is 9.80 Å². The second-order valence-electron chi connectivity index (χ2n) is 4.38. The zero-order valence-electron chi connectivity index (χ0n) is 11.7. The first-order chi connectivity index (χ1) is 10.3. The number of hydrogen-bond donors (Lipinski definition) is 0. The Morgan fingerprint density at radius 2 is 1.73 bits per heavy atom. The third-order valence-electron chi connectivity index (χ3n) is 2.96. The molecule has 1 aliphatic heterocycles. The number of barbiturate groups is 1. The fraction of sp³-hybridized carbons (Fsp3) is 0.154. The standard InChI is InChI=1S/C13H11N3O6/c1-14-11(17)9(12(18)15(2)13(14)19)5-3-4-8-6-7-10(22-8)16(20)21/h3-7H,1-2H3/b4-3+. The van der Waals surface area contributed by atoms with Gasteiger partial charge in [-0.05, 0) is 18.2 Å². The number of rotatable bonds is 3. The number of likely N-dealkylation sites (N-methyl/N-ethyl adjacent to an activating group) is 2. The first kappa shape index (κ1) is 15.2. The highest BCUT2D eigenvalue weighted by atomic mass is 16.6. The first-order valence-corrected chi connectivity index (χ1v) is 6.05. The van der Waals surface area contributed by atoms with E-state index < -0.39 is 28.7 Å². The van der Waals surface area contributed by atoms with Crippen LogP contribution in [0.25, 0.3) is 6.08 Å². The van der Waals surface area contributed by atoms with Crippen LogP contribution in [-0.4, -0.2) is 46.7 Å². The zero-order valence-corrected chi connectivity index (χ0v) is 11.7. The van der Waals surface area contributed by atoms with Gasteiger partial charge in [0, 0.05) is 14.1 Å². The van der Waals surface area contributed by atoms with Crippen molar-refractivity contribution in [3.8, 4) is 0 Å². The molecule has 0 unspecified atom stereocenters. The van der Waals surface area contributed by atoms with Crippen LogP contribution in [-0.2, 0) is 9.59 Å². The second-order valence-corrected chi connectivity index (χ2v) is 4.38. The molecule has 9 heteroatoms. The van der Waals surface area contributed by atoms with E-state index >= 15 is 0 Å². The largest absolute Gasteiger partial charge is 0.433 e. The first-order valence-electron chi connectivity index (χ1n) is 6.05. The molecule has 1 aromatic rings. The van der Waals surface area contributed by atoms with Crippen LogP contribution in [0.4, 0.5) is 10.7 Å². The molecule has 2 heterocycles. The average molecular weight is 305 g/mol. The van der Waals surface area contributed by atoms with E-state index in [9.17, 15) is 24.5 Å². The molecule has 4 amide bonds. The molecular weight excluding hydrogens is 294 g/mol. The lowest BCUT2D eigenvalue weighted by Gasteiger charge is -2.28. The van der Waals surface area contributed by atoms with Crippen molar-refractivity contribution >= 4 is 29.8 Å². The van der Waals surface area contributed by atoms with Crippen molar-refractivity contribution in [2.75, 3.05) is 14.1 Å². The molecule has 0 saturated carbocycles. The van der Waals surface area contributed by atoms with Gasteiger partial charge in [0.1, 0.15) is 16.3 Å². The Morgan fingerprint density at radius 3 is 2.23 bits per heavy atom. The topological polar surface area (TPSA) is 114 Å². The van der Waals surface area contributed by atoms with Crippen LogP contribution in [0.1, 0.15) is 5.76 Å². The Hall–Kier alpha value is -3.23. The normalized spacial score (nSPS) is 15.9. The van der Waals surface area contributed by atoms with Gasteiger partial charge in [-0.15, -0.1) is 0 Å². The number of urea groups is 1. The summed E-state index contributed by atoms with van der Waals surface area (Å²) in [6.45, 7) is 0. The molecule has 1 aliphatic rings. The molecule has 9 nitrogen and oxygen atoms in total. The fourth-order valence-corrected chi connectivity index (χ4v) is 1.76. The molecule has 0 N–H and O–H groups in total. The van der Waals surface area contributed by atoms with Gasteiger partial charge in [0.15, 0.2) is 0 Å². The Morgan fingerprint density at radius 1 is 1.14 bits per heavy atom. The second kappa shape index (κ2) is 5.64. The summed E-state index contributed by atoms with van der Waals surface area (Å²) in [6.07, 6.45) is 3.92. The quantitative estimate of drug-likeness (QED) is 0.358.